The van der Waals surface area contributed by atoms with Gasteiger partial charge in [0.05, 0.1) is 27.5 Å². The molecule has 2 aromatic heterocycles. The summed E-state index contributed by atoms with van der Waals surface area (Å²) >= 11 is 10.6. The molecule has 0 spiro atoms. The summed E-state index contributed by atoms with van der Waals surface area (Å²) < 4.78 is 47.4. The van der Waals surface area contributed by atoms with Crippen molar-refractivity contribution in [2.24, 2.45) is 0 Å². The summed E-state index contributed by atoms with van der Waals surface area (Å²) in [5, 5.41) is 0.398. The topological polar surface area (TPSA) is 92.3 Å². The Morgan fingerprint density at radius 3 is 2.79 bits per heavy atom. The van der Waals surface area contributed by atoms with Crippen molar-refractivity contribution in [1.82, 2.24) is 14.3 Å². The highest BCUT2D eigenvalue weighted by atomic mass is 79.9. The van der Waals surface area contributed by atoms with Gasteiger partial charge >= 0.3 is 0 Å². The second-order valence-corrected chi connectivity index (χ2v) is 10.8. The third-order valence-corrected chi connectivity index (χ3v) is 7.66. The van der Waals surface area contributed by atoms with E-state index in [9.17, 15) is 17.6 Å². The van der Waals surface area contributed by atoms with Crippen LogP contribution in [0.3, 0.4) is 0 Å². The second kappa shape index (κ2) is 9.34. The van der Waals surface area contributed by atoms with Crippen molar-refractivity contribution in [1.29, 1.82) is 0 Å². The first-order valence-electron chi connectivity index (χ1n) is 9.37. The van der Waals surface area contributed by atoms with E-state index in [1.807, 2.05) is 0 Å². The lowest BCUT2D eigenvalue weighted by molar-refractivity contribution is 0.0786. The van der Waals surface area contributed by atoms with Crippen LogP contribution in [0.25, 0.3) is 10.1 Å². The number of aromatic nitrogens is 2. The van der Waals surface area contributed by atoms with Crippen molar-refractivity contribution in [2.45, 2.75) is 11.6 Å². The van der Waals surface area contributed by atoms with Gasteiger partial charge in [-0.3, -0.25) is 9.52 Å². The molecule has 0 radical (unpaired) electrons. The minimum atomic E-state index is -4.13. The fraction of sp³-hybridized carbons (Fsp3) is 0.0952. The number of benzene rings is 2. The minimum absolute atomic E-state index is 0.0772. The number of pyridine rings is 1. The number of hydrogen-bond donors (Lipinski definition) is 1. The van der Waals surface area contributed by atoms with Crippen LogP contribution in [0.1, 0.15) is 15.9 Å². The van der Waals surface area contributed by atoms with Crippen LogP contribution in [0.4, 0.5) is 10.1 Å². The van der Waals surface area contributed by atoms with Crippen molar-refractivity contribution in [3.63, 3.8) is 0 Å². The summed E-state index contributed by atoms with van der Waals surface area (Å²) in [5.74, 6) is -0.934. The number of amides is 1. The van der Waals surface area contributed by atoms with Crippen LogP contribution in [0.15, 0.2) is 64.4 Å². The van der Waals surface area contributed by atoms with Crippen LogP contribution in [-0.2, 0) is 16.6 Å². The minimum Gasteiger partial charge on any atom is -0.337 e. The molecule has 12 heteroatoms. The number of carbonyl (C=O) groups excluding carboxylic acids is 1. The fourth-order valence-corrected chi connectivity index (χ4v) is 5.65. The first kappa shape index (κ1) is 23.6. The summed E-state index contributed by atoms with van der Waals surface area (Å²) in [6, 6.07) is 10.2. The molecule has 0 fully saturated rings. The lowest BCUT2D eigenvalue weighted by atomic mass is 10.1. The van der Waals surface area contributed by atoms with Gasteiger partial charge in [-0.2, -0.15) is 12.8 Å². The van der Waals surface area contributed by atoms with Crippen LogP contribution in [0.5, 0.6) is 0 Å². The zero-order valence-electron chi connectivity index (χ0n) is 16.9. The summed E-state index contributed by atoms with van der Waals surface area (Å²) in [4.78, 5) is 18.6. The average Bonchev–Trinajstić information content (AvgIpc) is 3.24. The molecule has 33 heavy (non-hydrogen) atoms. The normalized spacial score (nSPS) is 11.5. The van der Waals surface area contributed by atoms with E-state index in [4.69, 9.17) is 11.6 Å². The van der Waals surface area contributed by atoms with Gasteiger partial charge in [0.1, 0.15) is 5.82 Å². The van der Waals surface area contributed by atoms with Crippen molar-refractivity contribution >= 4 is 70.8 Å². The van der Waals surface area contributed by atoms with Crippen LogP contribution in [-0.4, -0.2) is 35.6 Å². The molecule has 0 bridgehead atoms. The number of nitrogens with zero attached hydrogens (tertiary/aromatic N) is 3. The molecule has 2 heterocycles. The molecule has 0 aliphatic carbocycles. The van der Waals surface area contributed by atoms with Gasteiger partial charge in [0.15, 0.2) is 5.03 Å². The van der Waals surface area contributed by atoms with Gasteiger partial charge in [-0.25, -0.2) is 9.37 Å². The van der Waals surface area contributed by atoms with E-state index >= 15 is 0 Å². The molecule has 0 saturated heterocycles. The van der Waals surface area contributed by atoms with Gasteiger partial charge in [0, 0.05) is 29.3 Å². The van der Waals surface area contributed by atoms with Crippen LogP contribution in [0, 0.1) is 5.82 Å². The van der Waals surface area contributed by atoms with Crippen molar-refractivity contribution in [3.8, 4) is 0 Å². The Hall–Kier alpha value is -2.60. The standard InChI is InChI=1S/C21H15BrClFN4O3S2/c1-28(11-12-2-4-14(24)9-17(12)23)21(29)15-5-3-13(22)8-18(15)27-33(30,31)20-16-10-26-32-19(16)6-7-25-20/h2-10,27H,11H2,1H3. The zero-order valence-corrected chi connectivity index (χ0v) is 20.9. The summed E-state index contributed by atoms with van der Waals surface area (Å²) in [6.45, 7) is 0.0988. The first-order chi connectivity index (χ1) is 15.7. The van der Waals surface area contributed by atoms with Crippen molar-refractivity contribution < 1.29 is 17.6 Å². The van der Waals surface area contributed by atoms with E-state index in [1.165, 1.54) is 47.6 Å². The number of sulfonamides is 1. The van der Waals surface area contributed by atoms with Crippen molar-refractivity contribution in [3.05, 3.63) is 81.3 Å². The van der Waals surface area contributed by atoms with E-state index < -0.39 is 21.7 Å². The maximum Gasteiger partial charge on any atom is 0.280 e. The smallest absolute Gasteiger partial charge is 0.280 e. The van der Waals surface area contributed by atoms with Crippen molar-refractivity contribution in [2.75, 3.05) is 11.8 Å². The average molecular weight is 570 g/mol. The zero-order chi connectivity index (χ0) is 23.8. The third-order valence-electron chi connectivity index (χ3n) is 4.73. The molecule has 0 aliphatic heterocycles. The highest BCUT2D eigenvalue weighted by Gasteiger charge is 2.24. The molecule has 0 saturated carbocycles. The maximum atomic E-state index is 13.3. The molecule has 4 aromatic rings. The van der Waals surface area contributed by atoms with Crippen LogP contribution >= 0.6 is 39.1 Å². The SMILES string of the molecule is CN(Cc1ccc(F)cc1Cl)C(=O)c1ccc(Br)cc1NS(=O)(=O)c1nccc2sncc12. The number of halogens is 3. The van der Waals surface area contributed by atoms with E-state index in [1.54, 1.807) is 19.2 Å². The highest BCUT2D eigenvalue weighted by Crippen LogP contribution is 2.29. The summed E-state index contributed by atoms with van der Waals surface area (Å²) in [6.07, 6.45) is 2.83. The lowest BCUT2D eigenvalue weighted by Gasteiger charge is -2.20. The van der Waals surface area contributed by atoms with Gasteiger partial charge in [0.2, 0.25) is 0 Å². The van der Waals surface area contributed by atoms with Gasteiger partial charge in [-0.15, -0.1) is 0 Å². The number of carbonyl (C=O) groups is 1. The van der Waals surface area contributed by atoms with E-state index in [2.05, 4.69) is 30.0 Å². The van der Waals surface area contributed by atoms with Gasteiger partial charge < -0.3 is 4.90 Å². The second-order valence-electron chi connectivity index (χ2n) is 7.05. The van der Waals surface area contributed by atoms with E-state index in [-0.39, 0.29) is 27.8 Å². The largest absolute Gasteiger partial charge is 0.337 e. The Labute approximate surface area is 206 Å². The van der Waals surface area contributed by atoms with Gasteiger partial charge in [-0.1, -0.05) is 33.6 Å². The molecule has 170 valence electrons. The number of anilines is 1. The number of rotatable bonds is 6. The Balaban J connectivity index is 1.66. The fourth-order valence-electron chi connectivity index (χ4n) is 3.15. The third kappa shape index (κ3) is 5.01. The van der Waals surface area contributed by atoms with Crippen LogP contribution in [0.2, 0.25) is 5.02 Å². The lowest BCUT2D eigenvalue weighted by Crippen LogP contribution is -2.28. The quantitative estimate of drug-likeness (QED) is 0.339. The van der Waals surface area contributed by atoms with E-state index in [0.717, 1.165) is 11.5 Å². The molecule has 0 aliphatic rings. The molecule has 7 nitrogen and oxygen atoms in total. The molecule has 1 amide bonds. The maximum absolute atomic E-state index is 13.3. The highest BCUT2D eigenvalue weighted by molar-refractivity contribution is 9.10. The monoisotopic (exact) mass is 568 g/mol. The number of fused-ring (bicyclic) bond motifs is 1. The Morgan fingerprint density at radius 1 is 1.24 bits per heavy atom. The molecular weight excluding hydrogens is 555 g/mol. The molecule has 1 N–H and O–H groups in total. The Bertz CT molecular complexity index is 1480. The van der Waals surface area contributed by atoms with E-state index in [0.29, 0.717) is 20.1 Å². The molecule has 2 aromatic carbocycles. The summed E-state index contributed by atoms with van der Waals surface area (Å²) in [5.41, 5.74) is 0.751. The predicted molar refractivity (Wildman–Crippen MR) is 130 cm³/mol. The Kier molecular flexibility index (Phi) is 6.66. The predicted octanol–water partition coefficient (Wildman–Crippen LogP) is 5.32. The van der Waals surface area contributed by atoms with Gasteiger partial charge in [0.25, 0.3) is 15.9 Å². The van der Waals surface area contributed by atoms with Crippen LogP contribution < -0.4 is 4.72 Å². The molecular formula is C21H15BrClFN4O3S2. The number of hydrogen-bond acceptors (Lipinski definition) is 6. The number of nitrogens with one attached hydrogen (secondary N) is 1. The molecule has 0 atom stereocenters. The molecule has 4 rings (SSSR count). The Morgan fingerprint density at radius 2 is 2.03 bits per heavy atom. The first-order valence-corrected chi connectivity index (χ1v) is 12.8. The summed E-state index contributed by atoms with van der Waals surface area (Å²) in [7, 11) is -2.58. The van der Waals surface area contributed by atoms with Gasteiger partial charge in [-0.05, 0) is 53.5 Å². The molecule has 0 unspecified atom stereocenters.